The number of fused-ring (bicyclic) bond motifs is 2. The van der Waals surface area contributed by atoms with E-state index >= 15 is 0 Å². The first-order valence-electron chi connectivity index (χ1n) is 8.05. The summed E-state index contributed by atoms with van der Waals surface area (Å²) in [6.07, 6.45) is -1.70. The topological polar surface area (TPSA) is 79.7 Å². The molecular weight excluding hydrogens is 414 g/mol. The quantitative estimate of drug-likeness (QED) is 0.684. The number of carboxylic acid groups (broad SMARTS) is 1. The fourth-order valence-electron chi connectivity index (χ4n) is 2.92. The lowest BCUT2D eigenvalue weighted by Crippen LogP contribution is -2.46. The van der Waals surface area contributed by atoms with E-state index in [1.807, 2.05) is 0 Å². The smallest absolute Gasteiger partial charge is 0.307 e. The number of rotatable bonds is 4. The molecule has 1 aromatic heterocycles. The van der Waals surface area contributed by atoms with Crippen LogP contribution >= 0.6 is 22.9 Å². The second-order valence-electron chi connectivity index (χ2n) is 6.08. The van der Waals surface area contributed by atoms with Crippen LogP contribution in [0.2, 0.25) is 5.02 Å². The van der Waals surface area contributed by atoms with Crippen LogP contribution in [0.25, 0.3) is 10.2 Å². The summed E-state index contributed by atoms with van der Waals surface area (Å²) in [5, 5.41) is 9.84. The van der Waals surface area contributed by atoms with Crippen molar-refractivity contribution in [1.29, 1.82) is 0 Å². The SMILES string of the molecule is O=C(O)CC1Oc2ccc(Cl)cc2N(Cc2nc3cc(F)c(F)cc3s2)C1=O. The average molecular weight is 425 g/mol. The molecule has 1 N–H and O–H groups in total. The van der Waals surface area contributed by atoms with Gasteiger partial charge in [0.1, 0.15) is 10.8 Å². The minimum Gasteiger partial charge on any atom is -0.481 e. The van der Waals surface area contributed by atoms with Crippen molar-refractivity contribution in [2.45, 2.75) is 19.1 Å². The summed E-state index contributed by atoms with van der Waals surface area (Å²) in [7, 11) is 0. The number of hydrogen-bond donors (Lipinski definition) is 1. The molecule has 3 aromatic rings. The van der Waals surface area contributed by atoms with Gasteiger partial charge in [0.05, 0.1) is 28.9 Å². The molecule has 1 unspecified atom stereocenters. The summed E-state index contributed by atoms with van der Waals surface area (Å²) < 4.78 is 32.8. The van der Waals surface area contributed by atoms with E-state index in [1.54, 1.807) is 12.1 Å². The normalized spacial score (nSPS) is 16.2. The molecule has 2 heterocycles. The number of aromatic nitrogens is 1. The highest BCUT2D eigenvalue weighted by Crippen LogP contribution is 2.38. The van der Waals surface area contributed by atoms with Gasteiger partial charge in [-0.15, -0.1) is 11.3 Å². The van der Waals surface area contributed by atoms with Gasteiger partial charge >= 0.3 is 5.97 Å². The third kappa shape index (κ3) is 3.38. The number of anilines is 1. The standard InChI is InChI=1S/C18H11ClF2N2O4S/c19-8-1-2-13-12(3-8)23(18(26)14(27-13)6-17(24)25)7-16-22-11-4-9(20)10(21)5-15(11)28-16/h1-5,14H,6-7H2,(H,24,25). The Balaban J connectivity index is 1.73. The summed E-state index contributed by atoms with van der Waals surface area (Å²) in [4.78, 5) is 29.5. The van der Waals surface area contributed by atoms with E-state index in [0.29, 0.717) is 26.2 Å². The van der Waals surface area contributed by atoms with Gasteiger partial charge < -0.3 is 9.84 Å². The highest BCUT2D eigenvalue weighted by molar-refractivity contribution is 7.18. The maximum absolute atomic E-state index is 13.4. The molecule has 28 heavy (non-hydrogen) atoms. The lowest BCUT2D eigenvalue weighted by molar-refractivity contribution is -0.142. The van der Waals surface area contributed by atoms with Crippen molar-refractivity contribution in [3.05, 3.63) is 52.0 Å². The van der Waals surface area contributed by atoms with Crippen LogP contribution in [0, 0.1) is 11.6 Å². The van der Waals surface area contributed by atoms with E-state index in [1.165, 1.54) is 11.0 Å². The van der Waals surface area contributed by atoms with E-state index in [9.17, 15) is 18.4 Å². The van der Waals surface area contributed by atoms with Crippen LogP contribution in [0.1, 0.15) is 11.4 Å². The number of benzene rings is 2. The van der Waals surface area contributed by atoms with Gasteiger partial charge in [0.2, 0.25) is 0 Å². The van der Waals surface area contributed by atoms with Gasteiger partial charge in [-0.1, -0.05) is 11.6 Å². The highest BCUT2D eigenvalue weighted by atomic mass is 35.5. The van der Waals surface area contributed by atoms with Crippen LogP contribution < -0.4 is 9.64 Å². The fourth-order valence-corrected chi connectivity index (χ4v) is 4.05. The summed E-state index contributed by atoms with van der Waals surface area (Å²) in [6.45, 7) is -0.0196. The van der Waals surface area contributed by atoms with Gasteiger partial charge in [-0.2, -0.15) is 0 Å². The lowest BCUT2D eigenvalue weighted by Gasteiger charge is -2.33. The molecule has 0 saturated heterocycles. The number of carbonyl (C=O) groups excluding carboxylic acids is 1. The van der Waals surface area contributed by atoms with Crippen molar-refractivity contribution in [2.24, 2.45) is 0 Å². The number of carbonyl (C=O) groups is 2. The van der Waals surface area contributed by atoms with Crippen molar-refractivity contribution < 1.29 is 28.2 Å². The summed E-state index contributed by atoms with van der Waals surface area (Å²) in [6, 6.07) is 6.68. The van der Waals surface area contributed by atoms with Crippen molar-refractivity contribution >= 4 is 50.7 Å². The highest BCUT2D eigenvalue weighted by Gasteiger charge is 2.36. The number of amides is 1. The third-order valence-corrected chi connectivity index (χ3v) is 5.39. The minimum atomic E-state index is -1.20. The monoisotopic (exact) mass is 424 g/mol. The molecule has 1 amide bonds. The van der Waals surface area contributed by atoms with Gasteiger partial charge in [-0.05, 0) is 24.3 Å². The number of hydrogen-bond acceptors (Lipinski definition) is 5. The molecule has 1 atom stereocenters. The molecule has 0 aliphatic carbocycles. The second-order valence-corrected chi connectivity index (χ2v) is 7.63. The lowest BCUT2D eigenvalue weighted by atomic mass is 10.1. The first-order chi connectivity index (χ1) is 13.3. The van der Waals surface area contributed by atoms with Gasteiger partial charge in [-0.25, -0.2) is 13.8 Å². The fraction of sp³-hybridized carbons (Fsp3) is 0.167. The zero-order valence-corrected chi connectivity index (χ0v) is 15.6. The number of carboxylic acids is 1. The van der Waals surface area contributed by atoms with E-state index in [-0.39, 0.29) is 12.1 Å². The van der Waals surface area contributed by atoms with Crippen LogP contribution in [0.5, 0.6) is 5.75 Å². The minimum absolute atomic E-state index is 0.0196. The summed E-state index contributed by atoms with van der Waals surface area (Å²) in [5.41, 5.74) is 0.642. The van der Waals surface area contributed by atoms with Crippen LogP contribution in [0.4, 0.5) is 14.5 Å². The Morgan fingerprint density at radius 3 is 2.79 bits per heavy atom. The van der Waals surface area contributed by atoms with Crippen LogP contribution in [0.3, 0.4) is 0 Å². The van der Waals surface area contributed by atoms with Gasteiger partial charge in [0.15, 0.2) is 17.7 Å². The predicted molar refractivity (Wildman–Crippen MR) is 98.8 cm³/mol. The first kappa shape index (κ1) is 18.6. The Labute approximate surface area is 165 Å². The molecule has 0 spiro atoms. The van der Waals surface area contributed by atoms with Crippen LogP contribution in [0.15, 0.2) is 30.3 Å². The molecule has 1 aliphatic heterocycles. The molecule has 0 bridgehead atoms. The summed E-state index contributed by atoms with van der Waals surface area (Å²) in [5.74, 6) is -3.42. The maximum Gasteiger partial charge on any atom is 0.307 e. The van der Waals surface area contributed by atoms with E-state index in [4.69, 9.17) is 21.4 Å². The van der Waals surface area contributed by atoms with Crippen molar-refractivity contribution in [3.63, 3.8) is 0 Å². The van der Waals surface area contributed by atoms with Crippen LogP contribution in [-0.4, -0.2) is 28.1 Å². The maximum atomic E-state index is 13.4. The molecule has 4 rings (SSSR count). The zero-order valence-electron chi connectivity index (χ0n) is 14.0. The number of thiazole rings is 1. The second kappa shape index (κ2) is 6.99. The number of halogens is 3. The molecule has 2 aromatic carbocycles. The molecule has 6 nitrogen and oxygen atoms in total. The summed E-state index contributed by atoms with van der Waals surface area (Å²) >= 11 is 7.14. The Morgan fingerprint density at radius 2 is 2.04 bits per heavy atom. The third-order valence-electron chi connectivity index (χ3n) is 4.15. The molecule has 0 fully saturated rings. The van der Waals surface area contributed by atoms with E-state index in [2.05, 4.69) is 4.98 Å². The van der Waals surface area contributed by atoms with Crippen molar-refractivity contribution in [2.75, 3.05) is 4.90 Å². The average Bonchev–Trinajstić information content (AvgIpc) is 3.00. The molecule has 1 aliphatic rings. The van der Waals surface area contributed by atoms with E-state index in [0.717, 1.165) is 23.5 Å². The van der Waals surface area contributed by atoms with Crippen LogP contribution in [-0.2, 0) is 16.1 Å². The predicted octanol–water partition coefficient (Wildman–Crippen LogP) is 4.00. The molecule has 144 valence electrons. The number of nitrogens with zero attached hydrogens (tertiary/aromatic N) is 2. The van der Waals surface area contributed by atoms with Crippen molar-refractivity contribution in [3.8, 4) is 5.75 Å². The Morgan fingerprint density at radius 1 is 1.29 bits per heavy atom. The Hall–Kier alpha value is -2.78. The molecule has 0 saturated carbocycles. The van der Waals surface area contributed by atoms with Gasteiger partial charge in [-0.3, -0.25) is 14.5 Å². The van der Waals surface area contributed by atoms with Gasteiger partial charge in [0, 0.05) is 11.1 Å². The van der Waals surface area contributed by atoms with Gasteiger partial charge in [0.25, 0.3) is 5.91 Å². The van der Waals surface area contributed by atoms with Crippen molar-refractivity contribution in [1.82, 2.24) is 4.98 Å². The Kier molecular flexibility index (Phi) is 4.64. The zero-order chi connectivity index (χ0) is 20.0. The first-order valence-corrected chi connectivity index (χ1v) is 9.25. The molecular formula is C18H11ClF2N2O4S. The molecule has 10 heteroatoms. The Bertz CT molecular complexity index is 1080. The van der Waals surface area contributed by atoms with E-state index < -0.39 is 36.0 Å². The molecule has 0 radical (unpaired) electrons. The largest absolute Gasteiger partial charge is 0.481 e. The number of ether oxygens (including phenoxy) is 1. The number of aliphatic carboxylic acids is 1.